The number of likely N-dealkylation sites (tertiary alicyclic amines) is 1. The SMILES string of the molecule is COC(=O)C1C(c2ccccc2)C(C(=O)NCc2ccc(C)cc2)N(C(=O)c2ccc(C)cc2)C1c1ccccc1. The average Bonchev–Trinajstić information content (AvgIpc) is 3.37. The van der Waals surface area contributed by atoms with Crippen LogP contribution in [0.5, 0.6) is 0 Å². The highest BCUT2D eigenvalue weighted by Crippen LogP contribution is 2.51. The third-order valence-electron chi connectivity index (χ3n) is 7.85. The molecule has 1 aliphatic heterocycles. The molecule has 4 atom stereocenters. The maximum absolute atomic E-state index is 14.4. The maximum Gasteiger partial charge on any atom is 0.311 e. The molecule has 2 amide bonds. The summed E-state index contributed by atoms with van der Waals surface area (Å²) in [6.07, 6.45) is 0. The number of ether oxygens (including phenoxy) is 1. The van der Waals surface area contributed by atoms with Gasteiger partial charge in [0.1, 0.15) is 6.04 Å². The fourth-order valence-electron chi connectivity index (χ4n) is 5.79. The van der Waals surface area contributed by atoms with Crippen LogP contribution in [-0.2, 0) is 20.9 Å². The molecule has 0 aromatic heterocycles. The van der Waals surface area contributed by atoms with Crippen LogP contribution in [0.15, 0.2) is 109 Å². The fraction of sp³-hybridized carbons (Fsp3) is 0.229. The van der Waals surface area contributed by atoms with Gasteiger partial charge in [0.2, 0.25) is 5.91 Å². The molecule has 0 spiro atoms. The molecule has 6 nitrogen and oxygen atoms in total. The summed E-state index contributed by atoms with van der Waals surface area (Å²) in [4.78, 5) is 43.9. The Morgan fingerprint density at radius 3 is 1.83 bits per heavy atom. The molecule has 0 radical (unpaired) electrons. The molecule has 4 unspecified atom stereocenters. The van der Waals surface area contributed by atoms with Gasteiger partial charge in [-0.05, 0) is 42.7 Å². The van der Waals surface area contributed by atoms with Gasteiger partial charge in [-0.1, -0.05) is 108 Å². The first kappa shape index (κ1) is 27.8. The zero-order valence-corrected chi connectivity index (χ0v) is 23.5. The van der Waals surface area contributed by atoms with E-state index in [-0.39, 0.29) is 11.8 Å². The standard InChI is InChI=1S/C35H34N2O4/c1-23-14-18-25(19-15-23)22-36-33(38)32-29(26-10-6-4-7-11-26)30(35(40)41-3)31(27-12-8-5-9-13-27)37(32)34(39)28-20-16-24(2)17-21-28/h4-21,29-32H,22H2,1-3H3,(H,36,38). The van der Waals surface area contributed by atoms with Crippen molar-refractivity contribution in [3.8, 4) is 0 Å². The monoisotopic (exact) mass is 546 g/mol. The molecular weight excluding hydrogens is 512 g/mol. The van der Waals surface area contributed by atoms with Crippen molar-refractivity contribution in [1.82, 2.24) is 10.2 Å². The second-order valence-electron chi connectivity index (χ2n) is 10.6. The summed E-state index contributed by atoms with van der Waals surface area (Å²) in [5.74, 6) is -2.56. The van der Waals surface area contributed by atoms with E-state index in [1.165, 1.54) is 7.11 Å². The van der Waals surface area contributed by atoms with Gasteiger partial charge in [-0.15, -0.1) is 0 Å². The van der Waals surface area contributed by atoms with Crippen molar-refractivity contribution < 1.29 is 19.1 Å². The van der Waals surface area contributed by atoms with E-state index >= 15 is 0 Å². The Morgan fingerprint density at radius 2 is 1.27 bits per heavy atom. The maximum atomic E-state index is 14.4. The number of amides is 2. The Hall–Kier alpha value is -4.71. The molecular formula is C35H34N2O4. The molecule has 0 aliphatic carbocycles. The van der Waals surface area contributed by atoms with Gasteiger partial charge < -0.3 is 15.0 Å². The smallest absolute Gasteiger partial charge is 0.311 e. The number of hydrogen-bond acceptors (Lipinski definition) is 4. The van der Waals surface area contributed by atoms with Crippen LogP contribution < -0.4 is 5.32 Å². The van der Waals surface area contributed by atoms with Crippen molar-refractivity contribution in [3.05, 3.63) is 143 Å². The van der Waals surface area contributed by atoms with Gasteiger partial charge in [0.15, 0.2) is 0 Å². The van der Waals surface area contributed by atoms with Crippen LogP contribution in [-0.4, -0.2) is 35.8 Å². The summed E-state index contributed by atoms with van der Waals surface area (Å²) in [6, 6.07) is 32.4. The van der Waals surface area contributed by atoms with Gasteiger partial charge in [0.25, 0.3) is 5.91 Å². The topological polar surface area (TPSA) is 75.7 Å². The minimum atomic E-state index is -0.967. The highest BCUT2D eigenvalue weighted by Gasteiger charge is 2.58. The van der Waals surface area contributed by atoms with Crippen molar-refractivity contribution in [1.29, 1.82) is 0 Å². The van der Waals surface area contributed by atoms with Crippen molar-refractivity contribution >= 4 is 17.8 Å². The summed E-state index contributed by atoms with van der Waals surface area (Å²) in [5.41, 5.74) is 5.09. The largest absolute Gasteiger partial charge is 0.469 e. The highest BCUT2D eigenvalue weighted by atomic mass is 16.5. The molecule has 1 saturated heterocycles. The molecule has 5 rings (SSSR count). The molecule has 0 bridgehead atoms. The van der Waals surface area contributed by atoms with Crippen LogP contribution in [0.1, 0.15) is 50.1 Å². The number of nitrogens with zero attached hydrogens (tertiary/aromatic N) is 1. The lowest BCUT2D eigenvalue weighted by Crippen LogP contribution is -2.48. The summed E-state index contributed by atoms with van der Waals surface area (Å²) >= 11 is 0. The highest BCUT2D eigenvalue weighted by molar-refractivity contribution is 6.00. The van der Waals surface area contributed by atoms with E-state index in [0.717, 1.165) is 27.8 Å². The Morgan fingerprint density at radius 1 is 0.732 bits per heavy atom. The molecule has 41 heavy (non-hydrogen) atoms. The molecule has 4 aromatic carbocycles. The van der Waals surface area contributed by atoms with Crippen LogP contribution in [0.2, 0.25) is 0 Å². The van der Waals surface area contributed by atoms with Crippen LogP contribution in [0.25, 0.3) is 0 Å². The van der Waals surface area contributed by atoms with Crippen molar-refractivity contribution in [2.45, 2.75) is 38.4 Å². The summed E-state index contributed by atoms with van der Waals surface area (Å²) < 4.78 is 5.35. The second-order valence-corrected chi connectivity index (χ2v) is 10.6. The number of carbonyl (C=O) groups is 3. The first-order chi connectivity index (χ1) is 19.9. The van der Waals surface area contributed by atoms with Gasteiger partial charge in [0.05, 0.1) is 19.1 Å². The first-order valence-corrected chi connectivity index (χ1v) is 13.8. The van der Waals surface area contributed by atoms with E-state index < -0.39 is 29.9 Å². The van der Waals surface area contributed by atoms with Crippen molar-refractivity contribution in [3.63, 3.8) is 0 Å². The van der Waals surface area contributed by atoms with Crippen molar-refractivity contribution in [2.75, 3.05) is 7.11 Å². The lowest BCUT2D eigenvalue weighted by atomic mass is 9.80. The number of nitrogens with one attached hydrogen (secondary N) is 1. The van der Waals surface area contributed by atoms with E-state index in [1.54, 1.807) is 17.0 Å². The van der Waals surface area contributed by atoms with E-state index in [0.29, 0.717) is 12.1 Å². The van der Waals surface area contributed by atoms with Gasteiger partial charge >= 0.3 is 5.97 Å². The molecule has 4 aromatic rings. The number of rotatable bonds is 7. The quantitative estimate of drug-likeness (QED) is 0.299. The first-order valence-electron chi connectivity index (χ1n) is 13.8. The Kier molecular flexibility index (Phi) is 8.29. The number of methoxy groups -OCH3 is 1. The summed E-state index contributed by atoms with van der Waals surface area (Å²) in [5, 5.41) is 3.07. The van der Waals surface area contributed by atoms with E-state index in [2.05, 4.69) is 5.32 Å². The Balaban J connectivity index is 1.66. The van der Waals surface area contributed by atoms with Crippen LogP contribution in [0, 0.1) is 19.8 Å². The van der Waals surface area contributed by atoms with Crippen LogP contribution in [0.3, 0.4) is 0 Å². The predicted octanol–water partition coefficient (Wildman–Crippen LogP) is 5.76. The third kappa shape index (κ3) is 5.78. The molecule has 1 fully saturated rings. The minimum absolute atomic E-state index is 0.294. The number of esters is 1. The Bertz CT molecular complexity index is 1500. The lowest BCUT2D eigenvalue weighted by molar-refractivity contribution is -0.146. The van der Waals surface area contributed by atoms with Gasteiger partial charge in [0, 0.05) is 18.0 Å². The van der Waals surface area contributed by atoms with E-state index in [4.69, 9.17) is 4.74 Å². The fourth-order valence-corrected chi connectivity index (χ4v) is 5.79. The zero-order chi connectivity index (χ0) is 28.9. The second kappa shape index (κ2) is 12.2. The predicted molar refractivity (Wildman–Crippen MR) is 158 cm³/mol. The molecule has 0 saturated carbocycles. The third-order valence-corrected chi connectivity index (χ3v) is 7.85. The number of aryl methyl sites for hydroxylation is 2. The van der Waals surface area contributed by atoms with Crippen LogP contribution >= 0.6 is 0 Å². The lowest BCUT2D eigenvalue weighted by Gasteiger charge is -2.31. The van der Waals surface area contributed by atoms with Gasteiger partial charge in [-0.3, -0.25) is 14.4 Å². The molecule has 1 N–H and O–H groups in total. The number of hydrogen-bond donors (Lipinski definition) is 1. The average molecular weight is 547 g/mol. The van der Waals surface area contributed by atoms with E-state index in [9.17, 15) is 14.4 Å². The Labute approximate surface area is 241 Å². The van der Waals surface area contributed by atoms with Crippen LogP contribution in [0.4, 0.5) is 0 Å². The molecule has 208 valence electrons. The molecule has 1 aliphatic rings. The molecule has 6 heteroatoms. The summed E-state index contributed by atoms with van der Waals surface area (Å²) in [6.45, 7) is 4.26. The normalized spacial score (nSPS) is 19.9. The number of carbonyl (C=O) groups excluding carboxylic acids is 3. The minimum Gasteiger partial charge on any atom is -0.469 e. The van der Waals surface area contributed by atoms with Gasteiger partial charge in [-0.2, -0.15) is 0 Å². The van der Waals surface area contributed by atoms with E-state index in [1.807, 2.05) is 111 Å². The summed E-state index contributed by atoms with van der Waals surface area (Å²) in [7, 11) is 1.35. The molecule has 1 heterocycles. The van der Waals surface area contributed by atoms with Crippen molar-refractivity contribution in [2.24, 2.45) is 5.92 Å². The van der Waals surface area contributed by atoms with Gasteiger partial charge in [-0.25, -0.2) is 0 Å². The number of benzene rings is 4. The zero-order valence-electron chi connectivity index (χ0n) is 23.5.